The highest BCUT2D eigenvalue weighted by atomic mass is 15.3. The number of pyridine rings is 1. The maximum Gasteiger partial charge on any atom is 0.0447 e. The summed E-state index contributed by atoms with van der Waals surface area (Å²) in [5, 5.41) is 0. The molecule has 21 heavy (non-hydrogen) atoms. The Morgan fingerprint density at radius 2 is 2.05 bits per heavy atom. The van der Waals surface area contributed by atoms with Crippen LogP contribution in [0.3, 0.4) is 0 Å². The van der Waals surface area contributed by atoms with Crippen LogP contribution in [0.4, 0.5) is 0 Å². The smallest absolute Gasteiger partial charge is 0.0447 e. The van der Waals surface area contributed by atoms with Crippen LogP contribution >= 0.6 is 0 Å². The molecule has 1 aromatic heterocycles. The molecule has 2 atom stereocenters. The predicted octanol–water partition coefficient (Wildman–Crippen LogP) is 2.28. The molecular weight excluding hydrogens is 260 g/mol. The zero-order valence-electron chi connectivity index (χ0n) is 13.7. The molecule has 4 heteroatoms. The third-order valence-corrected chi connectivity index (χ3v) is 5.20. The molecule has 3 N–H and O–H groups in total. The second-order valence-corrected chi connectivity index (χ2v) is 6.34. The van der Waals surface area contributed by atoms with Crippen LogP contribution in [0.25, 0.3) is 0 Å². The Labute approximate surface area is 129 Å². The van der Waals surface area contributed by atoms with Crippen LogP contribution in [0.2, 0.25) is 0 Å². The maximum atomic E-state index is 5.90. The summed E-state index contributed by atoms with van der Waals surface area (Å²) in [6.45, 7) is 9.12. The van der Waals surface area contributed by atoms with E-state index in [4.69, 9.17) is 5.84 Å². The van der Waals surface area contributed by atoms with Crippen LogP contribution < -0.4 is 11.3 Å². The molecule has 1 saturated heterocycles. The van der Waals surface area contributed by atoms with Crippen LogP contribution in [0, 0.1) is 0 Å². The standard InChI is InChI=1S/C17H30N4/c1-4-14-8-9-15(19-13-14)12-16(20-18)17(3,5-2)21-10-6-7-11-21/h8-9,13,16,20H,4-7,10-12,18H2,1-3H3. The summed E-state index contributed by atoms with van der Waals surface area (Å²) in [4.78, 5) is 7.19. The lowest BCUT2D eigenvalue weighted by Crippen LogP contribution is -2.61. The number of aryl methyl sites for hydroxylation is 1. The van der Waals surface area contributed by atoms with E-state index in [1.165, 1.54) is 31.5 Å². The Bertz CT molecular complexity index is 425. The van der Waals surface area contributed by atoms with Crippen LogP contribution in [0.15, 0.2) is 18.3 Å². The second kappa shape index (κ2) is 7.34. The van der Waals surface area contributed by atoms with Gasteiger partial charge >= 0.3 is 0 Å². The van der Waals surface area contributed by atoms with Crippen molar-refractivity contribution in [3.05, 3.63) is 29.6 Å². The number of likely N-dealkylation sites (tertiary alicyclic amines) is 1. The molecule has 1 aromatic rings. The highest BCUT2D eigenvalue weighted by Crippen LogP contribution is 2.29. The lowest BCUT2D eigenvalue weighted by Gasteiger charge is -2.44. The van der Waals surface area contributed by atoms with Crippen LogP contribution in [-0.2, 0) is 12.8 Å². The molecule has 0 aromatic carbocycles. The number of nitrogens with two attached hydrogens (primary N) is 1. The van der Waals surface area contributed by atoms with Gasteiger partial charge in [0, 0.05) is 29.9 Å². The predicted molar refractivity (Wildman–Crippen MR) is 87.9 cm³/mol. The van der Waals surface area contributed by atoms with Gasteiger partial charge in [0.1, 0.15) is 0 Å². The number of aromatic nitrogens is 1. The van der Waals surface area contributed by atoms with Gasteiger partial charge in [0.15, 0.2) is 0 Å². The van der Waals surface area contributed by atoms with Crippen molar-refractivity contribution in [3.8, 4) is 0 Å². The first-order chi connectivity index (χ1) is 10.1. The van der Waals surface area contributed by atoms with E-state index in [9.17, 15) is 0 Å². The molecule has 0 amide bonds. The van der Waals surface area contributed by atoms with E-state index in [2.05, 4.69) is 48.2 Å². The molecule has 2 heterocycles. The summed E-state index contributed by atoms with van der Waals surface area (Å²) in [5.41, 5.74) is 5.56. The quantitative estimate of drug-likeness (QED) is 0.597. The topological polar surface area (TPSA) is 54.2 Å². The molecule has 0 radical (unpaired) electrons. The van der Waals surface area contributed by atoms with E-state index >= 15 is 0 Å². The van der Waals surface area contributed by atoms with Gasteiger partial charge in [0.05, 0.1) is 0 Å². The van der Waals surface area contributed by atoms with Crippen molar-refractivity contribution in [2.75, 3.05) is 13.1 Å². The van der Waals surface area contributed by atoms with Gasteiger partial charge in [0.2, 0.25) is 0 Å². The normalized spacial score (nSPS) is 20.4. The summed E-state index contributed by atoms with van der Waals surface area (Å²) in [6, 6.07) is 4.54. The third-order valence-electron chi connectivity index (χ3n) is 5.20. The van der Waals surface area contributed by atoms with Crippen molar-refractivity contribution in [2.45, 2.75) is 64.5 Å². The SMILES string of the molecule is CCc1ccc(CC(NN)C(C)(CC)N2CCCC2)nc1. The average Bonchev–Trinajstić information content (AvgIpc) is 3.07. The number of rotatable bonds is 7. The van der Waals surface area contributed by atoms with Gasteiger partial charge in [0.25, 0.3) is 0 Å². The fraction of sp³-hybridized carbons (Fsp3) is 0.706. The van der Waals surface area contributed by atoms with Gasteiger partial charge < -0.3 is 0 Å². The highest BCUT2D eigenvalue weighted by molar-refractivity contribution is 5.16. The molecule has 1 aliphatic heterocycles. The molecule has 0 spiro atoms. The number of hydrazine groups is 1. The van der Waals surface area contributed by atoms with Gasteiger partial charge in [-0.3, -0.25) is 21.2 Å². The van der Waals surface area contributed by atoms with Gasteiger partial charge in [-0.2, -0.15) is 0 Å². The Kier molecular flexibility index (Phi) is 5.73. The molecule has 0 saturated carbocycles. The van der Waals surface area contributed by atoms with Gasteiger partial charge in [-0.15, -0.1) is 0 Å². The minimum Gasteiger partial charge on any atom is -0.296 e. The lowest BCUT2D eigenvalue weighted by atomic mass is 9.85. The summed E-state index contributed by atoms with van der Waals surface area (Å²) < 4.78 is 0. The van der Waals surface area contributed by atoms with Crippen molar-refractivity contribution < 1.29 is 0 Å². The Morgan fingerprint density at radius 1 is 1.33 bits per heavy atom. The van der Waals surface area contributed by atoms with Crippen LogP contribution in [-0.4, -0.2) is 34.6 Å². The van der Waals surface area contributed by atoms with Crippen molar-refractivity contribution >= 4 is 0 Å². The number of nitrogens with one attached hydrogen (secondary N) is 1. The van der Waals surface area contributed by atoms with E-state index in [-0.39, 0.29) is 11.6 Å². The molecular formula is C17H30N4. The zero-order chi connectivity index (χ0) is 15.3. The molecule has 1 aliphatic rings. The first kappa shape index (κ1) is 16.4. The first-order valence-corrected chi connectivity index (χ1v) is 8.29. The molecule has 0 bridgehead atoms. The van der Waals surface area contributed by atoms with Crippen LogP contribution in [0.1, 0.15) is 51.3 Å². The monoisotopic (exact) mass is 290 g/mol. The summed E-state index contributed by atoms with van der Waals surface area (Å²) in [5.74, 6) is 5.90. The Balaban J connectivity index is 2.12. The Hall–Kier alpha value is -0.970. The fourth-order valence-electron chi connectivity index (χ4n) is 3.37. The lowest BCUT2D eigenvalue weighted by molar-refractivity contribution is 0.0837. The van der Waals surface area contributed by atoms with E-state index in [1.54, 1.807) is 0 Å². The first-order valence-electron chi connectivity index (χ1n) is 8.29. The van der Waals surface area contributed by atoms with Gasteiger partial charge in [-0.25, -0.2) is 0 Å². The van der Waals surface area contributed by atoms with Crippen LogP contribution in [0.5, 0.6) is 0 Å². The molecule has 4 nitrogen and oxygen atoms in total. The molecule has 1 fully saturated rings. The number of hydrogen-bond acceptors (Lipinski definition) is 4. The van der Waals surface area contributed by atoms with Crippen molar-refractivity contribution in [1.29, 1.82) is 0 Å². The Morgan fingerprint density at radius 3 is 2.52 bits per heavy atom. The van der Waals surface area contributed by atoms with Crippen molar-refractivity contribution in [1.82, 2.24) is 15.3 Å². The largest absolute Gasteiger partial charge is 0.296 e. The van der Waals surface area contributed by atoms with E-state index < -0.39 is 0 Å². The summed E-state index contributed by atoms with van der Waals surface area (Å²) in [7, 11) is 0. The minimum atomic E-state index is 0.0936. The number of nitrogens with zero attached hydrogens (tertiary/aromatic N) is 2. The average molecular weight is 290 g/mol. The van der Waals surface area contributed by atoms with Gasteiger partial charge in [-0.1, -0.05) is 19.9 Å². The maximum absolute atomic E-state index is 5.90. The van der Waals surface area contributed by atoms with E-state index in [0.717, 1.165) is 25.0 Å². The molecule has 118 valence electrons. The number of hydrogen-bond donors (Lipinski definition) is 2. The third kappa shape index (κ3) is 3.62. The zero-order valence-corrected chi connectivity index (χ0v) is 13.7. The molecule has 2 rings (SSSR count). The highest BCUT2D eigenvalue weighted by Gasteiger charge is 2.39. The molecule has 0 aliphatic carbocycles. The fourth-order valence-corrected chi connectivity index (χ4v) is 3.37. The van der Waals surface area contributed by atoms with E-state index in [1.807, 2.05) is 6.20 Å². The summed E-state index contributed by atoms with van der Waals surface area (Å²) >= 11 is 0. The second-order valence-electron chi connectivity index (χ2n) is 6.34. The van der Waals surface area contributed by atoms with Crippen molar-refractivity contribution in [3.63, 3.8) is 0 Å². The minimum absolute atomic E-state index is 0.0936. The summed E-state index contributed by atoms with van der Waals surface area (Å²) in [6.07, 6.45) is 7.59. The van der Waals surface area contributed by atoms with E-state index in [0.29, 0.717) is 0 Å². The molecule has 2 unspecified atom stereocenters. The van der Waals surface area contributed by atoms with Crippen molar-refractivity contribution in [2.24, 2.45) is 5.84 Å². The van der Waals surface area contributed by atoms with Gasteiger partial charge in [-0.05, 0) is 57.3 Å².